The molecular weight excluding hydrogens is 250 g/mol. The first-order valence-corrected chi connectivity index (χ1v) is 5.55. The van der Waals surface area contributed by atoms with Gasteiger partial charge in [-0.2, -0.15) is 20.1 Å². The Hall–Kier alpha value is -2.71. The molecule has 2 heterocycles. The lowest BCUT2D eigenvalue weighted by molar-refractivity contribution is 0.100. The average Bonchev–Trinajstić information content (AvgIpc) is 2.88. The van der Waals surface area contributed by atoms with E-state index in [1.165, 1.54) is 17.1 Å². The van der Waals surface area contributed by atoms with Crippen LogP contribution in [0.15, 0.2) is 12.4 Å². The first kappa shape index (κ1) is 12.7. The van der Waals surface area contributed by atoms with Crippen LogP contribution in [0.3, 0.4) is 0 Å². The maximum absolute atomic E-state index is 11.0. The molecule has 3 N–H and O–H groups in total. The molecule has 9 heteroatoms. The summed E-state index contributed by atoms with van der Waals surface area (Å²) in [5.74, 6) is -0.000877. The lowest BCUT2D eigenvalue weighted by atomic mass is 10.4. The van der Waals surface area contributed by atoms with Gasteiger partial charge in [-0.25, -0.2) is 4.68 Å². The van der Waals surface area contributed by atoms with E-state index >= 15 is 0 Å². The van der Waals surface area contributed by atoms with E-state index in [2.05, 4.69) is 25.4 Å². The third-order valence-electron chi connectivity index (χ3n) is 2.17. The topological polar surface area (TPSA) is 121 Å². The number of primary amides is 1. The zero-order valence-corrected chi connectivity index (χ0v) is 10.5. The van der Waals surface area contributed by atoms with E-state index in [0.29, 0.717) is 12.6 Å². The van der Waals surface area contributed by atoms with Crippen molar-refractivity contribution in [3.63, 3.8) is 0 Å². The third kappa shape index (κ3) is 2.76. The molecule has 0 unspecified atom stereocenters. The Morgan fingerprint density at radius 3 is 2.84 bits per heavy atom. The van der Waals surface area contributed by atoms with Crippen LogP contribution in [0, 0.1) is 0 Å². The van der Waals surface area contributed by atoms with Crippen LogP contribution in [-0.2, 0) is 0 Å². The summed E-state index contributed by atoms with van der Waals surface area (Å²) in [7, 11) is 1.67. The molecule has 1 amide bonds. The number of nitrogens with two attached hydrogens (primary N) is 1. The molecule has 19 heavy (non-hydrogen) atoms. The van der Waals surface area contributed by atoms with Gasteiger partial charge in [0.1, 0.15) is 0 Å². The molecule has 0 bridgehead atoms. The minimum atomic E-state index is -0.570. The van der Waals surface area contributed by atoms with Crippen LogP contribution >= 0.6 is 0 Å². The van der Waals surface area contributed by atoms with Gasteiger partial charge in [-0.1, -0.05) is 0 Å². The largest absolute Gasteiger partial charge is 0.464 e. The van der Waals surface area contributed by atoms with E-state index in [1.54, 1.807) is 7.05 Å². The molecule has 0 radical (unpaired) electrons. The third-order valence-corrected chi connectivity index (χ3v) is 2.17. The fourth-order valence-electron chi connectivity index (χ4n) is 1.31. The number of amides is 1. The highest BCUT2D eigenvalue weighted by molar-refractivity contribution is 5.92. The predicted octanol–water partition coefficient (Wildman–Crippen LogP) is -0.403. The molecule has 0 aliphatic rings. The van der Waals surface area contributed by atoms with E-state index in [9.17, 15) is 4.79 Å². The molecule has 2 aromatic heterocycles. The highest BCUT2D eigenvalue weighted by Gasteiger charge is 2.11. The monoisotopic (exact) mass is 263 g/mol. The molecule has 2 rings (SSSR count). The Labute approximate surface area is 108 Å². The van der Waals surface area contributed by atoms with Crippen molar-refractivity contribution in [1.82, 2.24) is 24.7 Å². The summed E-state index contributed by atoms with van der Waals surface area (Å²) in [5.41, 5.74) is 5.42. The minimum absolute atomic E-state index is 0.174. The molecule has 0 spiro atoms. The quantitative estimate of drug-likeness (QED) is 0.752. The fourth-order valence-corrected chi connectivity index (χ4v) is 1.31. The zero-order valence-electron chi connectivity index (χ0n) is 10.5. The standard InChI is InChI=1S/C10H13N7O2/c1-3-19-10-15-8(12-2)14-9(16-10)17-5-6(4-13-17)7(11)18/h4-5H,3H2,1-2H3,(H2,11,18)(H,12,14,15,16). The van der Waals surface area contributed by atoms with E-state index in [-0.39, 0.29) is 17.5 Å². The van der Waals surface area contributed by atoms with Crippen molar-refractivity contribution in [1.29, 1.82) is 0 Å². The molecule has 0 saturated heterocycles. The lowest BCUT2D eigenvalue weighted by Crippen LogP contribution is -2.11. The second kappa shape index (κ2) is 5.29. The Bertz CT molecular complexity index is 595. The molecule has 0 aliphatic heterocycles. The molecule has 2 aromatic rings. The molecule has 100 valence electrons. The van der Waals surface area contributed by atoms with Gasteiger partial charge < -0.3 is 15.8 Å². The highest BCUT2D eigenvalue weighted by atomic mass is 16.5. The van der Waals surface area contributed by atoms with Crippen LogP contribution in [0.4, 0.5) is 5.95 Å². The SMILES string of the molecule is CCOc1nc(NC)nc(-n2cc(C(N)=O)cn2)n1. The minimum Gasteiger partial charge on any atom is -0.464 e. The van der Waals surface area contributed by atoms with Crippen molar-refractivity contribution >= 4 is 11.9 Å². The van der Waals surface area contributed by atoms with Gasteiger partial charge in [-0.05, 0) is 6.92 Å². The van der Waals surface area contributed by atoms with Crippen molar-refractivity contribution in [2.45, 2.75) is 6.92 Å². The summed E-state index contributed by atoms with van der Waals surface area (Å²) < 4.78 is 6.55. The fraction of sp³-hybridized carbons (Fsp3) is 0.300. The maximum Gasteiger partial charge on any atom is 0.323 e. The Morgan fingerprint density at radius 1 is 1.47 bits per heavy atom. The van der Waals surface area contributed by atoms with E-state index in [1.807, 2.05) is 6.92 Å². The van der Waals surface area contributed by atoms with E-state index in [4.69, 9.17) is 10.5 Å². The Balaban J connectivity index is 2.41. The highest BCUT2D eigenvalue weighted by Crippen LogP contribution is 2.11. The lowest BCUT2D eigenvalue weighted by Gasteiger charge is -2.06. The second-order valence-corrected chi connectivity index (χ2v) is 3.46. The maximum atomic E-state index is 11.0. The molecule has 0 aromatic carbocycles. The van der Waals surface area contributed by atoms with E-state index < -0.39 is 5.91 Å². The molecular formula is C10H13N7O2. The molecule has 0 fully saturated rings. The average molecular weight is 263 g/mol. The van der Waals surface area contributed by atoms with Gasteiger partial charge in [-0.15, -0.1) is 0 Å². The normalized spacial score (nSPS) is 10.2. The number of hydrogen-bond donors (Lipinski definition) is 2. The van der Waals surface area contributed by atoms with Crippen LogP contribution in [0.5, 0.6) is 6.01 Å². The number of ether oxygens (including phenoxy) is 1. The number of aromatic nitrogens is 5. The van der Waals surface area contributed by atoms with Crippen molar-refractivity contribution in [3.8, 4) is 12.0 Å². The van der Waals surface area contributed by atoms with Gasteiger partial charge in [0.05, 0.1) is 18.4 Å². The first-order valence-electron chi connectivity index (χ1n) is 5.55. The number of carbonyl (C=O) groups excluding carboxylic acids is 1. The first-order chi connectivity index (χ1) is 9.13. The Kier molecular flexibility index (Phi) is 3.55. The van der Waals surface area contributed by atoms with Gasteiger partial charge in [0.25, 0.3) is 11.9 Å². The zero-order chi connectivity index (χ0) is 13.8. The van der Waals surface area contributed by atoms with Crippen molar-refractivity contribution < 1.29 is 9.53 Å². The summed E-state index contributed by atoms with van der Waals surface area (Å²) in [6.45, 7) is 2.25. The van der Waals surface area contributed by atoms with Gasteiger partial charge >= 0.3 is 6.01 Å². The smallest absolute Gasteiger partial charge is 0.323 e. The van der Waals surface area contributed by atoms with Crippen molar-refractivity contribution in [2.24, 2.45) is 5.73 Å². The number of hydrogen-bond acceptors (Lipinski definition) is 7. The van der Waals surface area contributed by atoms with Crippen LogP contribution in [-0.4, -0.2) is 44.3 Å². The molecule has 0 aliphatic carbocycles. The molecule has 9 nitrogen and oxygen atoms in total. The van der Waals surface area contributed by atoms with Crippen LogP contribution < -0.4 is 15.8 Å². The molecule has 0 atom stereocenters. The van der Waals surface area contributed by atoms with Crippen molar-refractivity contribution in [2.75, 3.05) is 19.0 Å². The predicted molar refractivity (Wildman–Crippen MR) is 66.2 cm³/mol. The number of nitrogens with one attached hydrogen (secondary N) is 1. The summed E-state index contributed by atoms with van der Waals surface area (Å²) in [4.78, 5) is 23.2. The van der Waals surface area contributed by atoms with Crippen molar-refractivity contribution in [3.05, 3.63) is 18.0 Å². The molecule has 0 saturated carbocycles. The second-order valence-electron chi connectivity index (χ2n) is 3.46. The van der Waals surface area contributed by atoms with Gasteiger partial charge in [-0.3, -0.25) is 4.79 Å². The van der Waals surface area contributed by atoms with Gasteiger partial charge in [0.15, 0.2) is 0 Å². The van der Waals surface area contributed by atoms with Crippen LogP contribution in [0.25, 0.3) is 5.95 Å². The number of carbonyl (C=O) groups is 1. The summed E-state index contributed by atoms with van der Waals surface area (Å²) >= 11 is 0. The Morgan fingerprint density at radius 2 is 2.26 bits per heavy atom. The van der Waals surface area contributed by atoms with Crippen LogP contribution in [0.2, 0.25) is 0 Å². The number of anilines is 1. The number of nitrogens with zero attached hydrogens (tertiary/aromatic N) is 5. The number of rotatable bonds is 5. The van der Waals surface area contributed by atoms with E-state index in [0.717, 1.165) is 0 Å². The summed E-state index contributed by atoms with van der Waals surface area (Å²) in [5, 5.41) is 6.75. The summed E-state index contributed by atoms with van der Waals surface area (Å²) in [6, 6.07) is 0.174. The van der Waals surface area contributed by atoms with Gasteiger partial charge in [0, 0.05) is 13.2 Å². The summed E-state index contributed by atoms with van der Waals surface area (Å²) in [6.07, 6.45) is 2.78. The van der Waals surface area contributed by atoms with Gasteiger partial charge in [0.2, 0.25) is 5.95 Å². The van der Waals surface area contributed by atoms with Crippen LogP contribution in [0.1, 0.15) is 17.3 Å².